The van der Waals surface area contributed by atoms with Gasteiger partial charge in [0.05, 0.1) is 6.04 Å². The van der Waals surface area contributed by atoms with Crippen LogP contribution in [0, 0.1) is 6.92 Å². The number of hydrogen-bond acceptors (Lipinski definition) is 3. The molecule has 0 radical (unpaired) electrons. The third-order valence-electron chi connectivity index (χ3n) is 3.50. The first-order valence-corrected chi connectivity index (χ1v) is 6.94. The van der Waals surface area contributed by atoms with Crippen molar-refractivity contribution in [2.24, 2.45) is 0 Å². The second kappa shape index (κ2) is 6.73. The lowest BCUT2D eigenvalue weighted by Crippen LogP contribution is -2.20. The molecule has 104 valence electrons. The fourth-order valence-electron chi connectivity index (χ4n) is 2.39. The van der Waals surface area contributed by atoms with Crippen LogP contribution in [0.15, 0.2) is 28.7 Å². The van der Waals surface area contributed by atoms with Crippen molar-refractivity contribution in [3.63, 3.8) is 0 Å². The Morgan fingerprint density at radius 2 is 2.05 bits per heavy atom. The lowest BCUT2D eigenvalue weighted by Gasteiger charge is -2.12. The number of para-hydroxylation sites is 1. The molecule has 0 fully saturated rings. The maximum absolute atomic E-state index is 5.95. The summed E-state index contributed by atoms with van der Waals surface area (Å²) in [7, 11) is 1.74. The Bertz CT molecular complexity index is 518. The zero-order chi connectivity index (χ0) is 13.7. The molecule has 0 amide bonds. The maximum atomic E-state index is 5.95. The highest BCUT2D eigenvalue weighted by atomic mass is 16.5. The zero-order valence-electron chi connectivity index (χ0n) is 12.0. The van der Waals surface area contributed by atoms with E-state index in [1.165, 1.54) is 10.9 Å². The Labute approximate surface area is 114 Å². The molecule has 0 aliphatic heterocycles. The molecule has 1 aromatic carbocycles. The van der Waals surface area contributed by atoms with Gasteiger partial charge in [0.2, 0.25) is 0 Å². The molecule has 1 aromatic heterocycles. The van der Waals surface area contributed by atoms with Gasteiger partial charge in [-0.05, 0) is 44.9 Å². The van der Waals surface area contributed by atoms with Crippen molar-refractivity contribution in [2.75, 3.05) is 20.3 Å². The summed E-state index contributed by atoms with van der Waals surface area (Å²) in [4.78, 5) is 0. The van der Waals surface area contributed by atoms with Gasteiger partial charge < -0.3 is 14.5 Å². The topological polar surface area (TPSA) is 34.4 Å². The van der Waals surface area contributed by atoms with Crippen LogP contribution < -0.4 is 5.32 Å². The third kappa shape index (κ3) is 3.37. The largest absolute Gasteiger partial charge is 0.459 e. The van der Waals surface area contributed by atoms with Crippen molar-refractivity contribution in [3.05, 3.63) is 35.6 Å². The summed E-state index contributed by atoms with van der Waals surface area (Å²) < 4.78 is 11.0. The average molecular weight is 261 g/mol. The molecule has 0 aliphatic carbocycles. The van der Waals surface area contributed by atoms with E-state index in [1.54, 1.807) is 7.11 Å². The van der Waals surface area contributed by atoms with E-state index >= 15 is 0 Å². The molecule has 0 bridgehead atoms. The molecule has 0 saturated heterocycles. The van der Waals surface area contributed by atoms with E-state index in [1.807, 2.05) is 12.1 Å². The smallest absolute Gasteiger partial charge is 0.134 e. The highest BCUT2D eigenvalue weighted by Crippen LogP contribution is 2.28. The number of furan rings is 1. The van der Waals surface area contributed by atoms with Crippen molar-refractivity contribution in [1.82, 2.24) is 5.32 Å². The van der Waals surface area contributed by atoms with Crippen molar-refractivity contribution >= 4 is 11.0 Å². The third-order valence-corrected chi connectivity index (χ3v) is 3.50. The summed E-state index contributed by atoms with van der Waals surface area (Å²) in [5.41, 5.74) is 2.22. The van der Waals surface area contributed by atoms with Gasteiger partial charge in [0.1, 0.15) is 11.3 Å². The van der Waals surface area contributed by atoms with Crippen molar-refractivity contribution in [2.45, 2.75) is 32.7 Å². The molecule has 19 heavy (non-hydrogen) atoms. The van der Waals surface area contributed by atoms with Gasteiger partial charge in [-0.25, -0.2) is 0 Å². The maximum Gasteiger partial charge on any atom is 0.134 e. The molecule has 1 N–H and O–H groups in total. The van der Waals surface area contributed by atoms with Crippen LogP contribution >= 0.6 is 0 Å². The van der Waals surface area contributed by atoms with Crippen LogP contribution in [0.25, 0.3) is 11.0 Å². The Balaban J connectivity index is 1.97. The molecule has 3 nitrogen and oxygen atoms in total. The molecular formula is C16H23NO2. The molecule has 1 unspecified atom stereocenters. The number of hydrogen-bond donors (Lipinski definition) is 1. The fraction of sp³-hybridized carbons (Fsp3) is 0.500. The molecular weight excluding hydrogens is 238 g/mol. The minimum absolute atomic E-state index is 0.245. The van der Waals surface area contributed by atoms with Crippen LogP contribution in [0.3, 0.4) is 0 Å². The Hall–Kier alpha value is -1.32. The van der Waals surface area contributed by atoms with Gasteiger partial charge in [-0.2, -0.15) is 0 Å². The minimum Gasteiger partial charge on any atom is -0.459 e. The monoisotopic (exact) mass is 261 g/mol. The zero-order valence-corrected chi connectivity index (χ0v) is 12.0. The molecule has 0 aliphatic rings. The highest BCUT2D eigenvalue weighted by molar-refractivity contribution is 5.82. The van der Waals surface area contributed by atoms with Crippen LogP contribution in [-0.4, -0.2) is 20.3 Å². The van der Waals surface area contributed by atoms with Crippen molar-refractivity contribution < 1.29 is 9.15 Å². The normalized spacial score (nSPS) is 13.0. The number of ether oxygens (including phenoxy) is 1. The fourth-order valence-corrected chi connectivity index (χ4v) is 2.39. The van der Waals surface area contributed by atoms with Gasteiger partial charge in [0, 0.05) is 19.1 Å². The standard InChI is InChI=1S/C16H23NO2/c1-12-14-8-4-5-9-15(14)19-16(12)13(2)17-10-6-7-11-18-3/h4-5,8-9,13,17H,6-7,10-11H2,1-3H3. The number of fused-ring (bicyclic) bond motifs is 1. The first kappa shape index (κ1) is 14.1. The molecule has 2 aromatic rings. The SMILES string of the molecule is COCCCCNC(C)c1oc2ccccc2c1C. The Morgan fingerprint density at radius 1 is 1.26 bits per heavy atom. The summed E-state index contributed by atoms with van der Waals surface area (Å²) in [5, 5.41) is 4.72. The second-order valence-corrected chi connectivity index (χ2v) is 4.96. The number of rotatable bonds is 7. The number of nitrogens with one attached hydrogen (secondary N) is 1. The van der Waals surface area contributed by atoms with Crippen molar-refractivity contribution in [1.29, 1.82) is 0 Å². The molecule has 1 heterocycles. The first-order valence-electron chi connectivity index (χ1n) is 6.94. The van der Waals surface area contributed by atoms with Crippen LogP contribution in [0.2, 0.25) is 0 Å². The van der Waals surface area contributed by atoms with Gasteiger partial charge >= 0.3 is 0 Å². The quantitative estimate of drug-likeness (QED) is 0.769. The van der Waals surface area contributed by atoms with E-state index in [4.69, 9.17) is 9.15 Å². The van der Waals surface area contributed by atoms with E-state index in [-0.39, 0.29) is 6.04 Å². The highest BCUT2D eigenvalue weighted by Gasteiger charge is 2.15. The van der Waals surface area contributed by atoms with E-state index < -0.39 is 0 Å². The van der Waals surface area contributed by atoms with Crippen LogP contribution in [0.1, 0.15) is 37.1 Å². The van der Waals surface area contributed by atoms with Gasteiger partial charge in [0.25, 0.3) is 0 Å². The molecule has 0 saturated carbocycles. The van der Waals surface area contributed by atoms with Crippen LogP contribution in [0.5, 0.6) is 0 Å². The Kier molecular flexibility index (Phi) is 5.00. The first-order chi connectivity index (χ1) is 9.24. The van der Waals surface area contributed by atoms with Gasteiger partial charge in [-0.1, -0.05) is 18.2 Å². The number of methoxy groups -OCH3 is 1. The lowest BCUT2D eigenvalue weighted by molar-refractivity contribution is 0.192. The summed E-state index contributed by atoms with van der Waals surface area (Å²) in [6.45, 7) is 6.10. The molecule has 0 spiro atoms. The predicted octanol–water partition coefficient (Wildman–Crippen LogP) is 3.82. The van der Waals surface area contributed by atoms with Gasteiger partial charge in [-0.15, -0.1) is 0 Å². The predicted molar refractivity (Wildman–Crippen MR) is 78.5 cm³/mol. The van der Waals surface area contributed by atoms with E-state index in [2.05, 4.69) is 31.3 Å². The summed E-state index contributed by atoms with van der Waals surface area (Å²) in [6.07, 6.45) is 2.22. The lowest BCUT2D eigenvalue weighted by atomic mass is 10.1. The number of benzene rings is 1. The molecule has 2 rings (SSSR count). The van der Waals surface area contributed by atoms with Crippen molar-refractivity contribution in [3.8, 4) is 0 Å². The summed E-state index contributed by atoms with van der Waals surface area (Å²) in [6, 6.07) is 8.45. The molecule has 1 atom stereocenters. The second-order valence-electron chi connectivity index (χ2n) is 4.96. The van der Waals surface area contributed by atoms with Gasteiger partial charge in [0.15, 0.2) is 0 Å². The van der Waals surface area contributed by atoms with E-state index in [9.17, 15) is 0 Å². The summed E-state index contributed by atoms with van der Waals surface area (Å²) in [5.74, 6) is 1.05. The number of unbranched alkanes of at least 4 members (excludes halogenated alkanes) is 1. The van der Waals surface area contributed by atoms with Crippen LogP contribution in [0.4, 0.5) is 0 Å². The number of aryl methyl sites for hydroxylation is 1. The minimum atomic E-state index is 0.245. The van der Waals surface area contributed by atoms with E-state index in [0.717, 1.165) is 37.3 Å². The van der Waals surface area contributed by atoms with Gasteiger partial charge in [-0.3, -0.25) is 0 Å². The Morgan fingerprint density at radius 3 is 2.79 bits per heavy atom. The average Bonchev–Trinajstić information content (AvgIpc) is 2.76. The summed E-state index contributed by atoms with van der Waals surface area (Å²) >= 11 is 0. The van der Waals surface area contributed by atoms with Crippen LogP contribution in [-0.2, 0) is 4.74 Å². The molecule has 3 heteroatoms. The van der Waals surface area contributed by atoms with E-state index in [0.29, 0.717) is 0 Å².